The molecular weight excluding hydrogens is 552 g/mol. The first kappa shape index (κ1) is 28.2. The quantitative estimate of drug-likeness (QED) is 0.198. The number of halogens is 2. The maximum Gasteiger partial charge on any atom is 0.150 e. The van der Waals surface area contributed by atoms with Crippen LogP contribution < -0.4 is 0 Å². The zero-order chi connectivity index (χ0) is 24.9. The van der Waals surface area contributed by atoms with Crippen molar-refractivity contribution in [3.63, 3.8) is 0 Å². The molecule has 0 amide bonds. The monoisotopic (exact) mass is 584 g/mol. The number of rotatable bonds is 16. The van der Waals surface area contributed by atoms with Crippen molar-refractivity contribution >= 4 is 37.6 Å². The molecular formula is C29H34Br2N2O. The summed E-state index contributed by atoms with van der Waals surface area (Å²) in [5.41, 5.74) is 1.99. The first-order valence-electron chi connectivity index (χ1n) is 11.4. The minimum Gasteiger partial charge on any atom is -0.298 e. The molecule has 0 radical (unpaired) electrons. The molecule has 180 valence electrons. The van der Waals surface area contributed by atoms with E-state index in [9.17, 15) is 4.79 Å². The van der Waals surface area contributed by atoms with Crippen LogP contribution in [0.25, 0.3) is 0 Å². The van der Waals surface area contributed by atoms with Gasteiger partial charge < -0.3 is 0 Å². The van der Waals surface area contributed by atoms with Crippen LogP contribution in [0.4, 0.5) is 0 Å². The maximum absolute atomic E-state index is 14.4. The van der Waals surface area contributed by atoms with Gasteiger partial charge in [-0.25, -0.2) is 0 Å². The molecule has 0 aromatic heterocycles. The number of hydrogen-bond donors (Lipinski definition) is 0. The molecule has 0 saturated heterocycles. The van der Waals surface area contributed by atoms with E-state index in [1.54, 1.807) is 0 Å². The van der Waals surface area contributed by atoms with E-state index in [2.05, 4.69) is 68.0 Å². The highest BCUT2D eigenvalue weighted by Crippen LogP contribution is 2.31. The predicted octanol–water partition coefficient (Wildman–Crippen LogP) is 7.00. The SMILES string of the molecule is C=CCN(CC=C)CC(C(=O)C(CN(CC=C)CC=C)c1cccc(Br)c1)c1cccc(Br)c1. The topological polar surface area (TPSA) is 23.6 Å². The van der Waals surface area contributed by atoms with Crippen LogP contribution in [0.5, 0.6) is 0 Å². The second kappa shape index (κ2) is 15.0. The highest BCUT2D eigenvalue weighted by molar-refractivity contribution is 9.10. The van der Waals surface area contributed by atoms with Gasteiger partial charge in [0.1, 0.15) is 5.78 Å². The predicted molar refractivity (Wildman–Crippen MR) is 152 cm³/mol. The van der Waals surface area contributed by atoms with E-state index in [0.29, 0.717) is 39.3 Å². The van der Waals surface area contributed by atoms with Gasteiger partial charge in [-0.3, -0.25) is 14.6 Å². The molecule has 3 nitrogen and oxygen atoms in total. The van der Waals surface area contributed by atoms with Crippen LogP contribution in [0.3, 0.4) is 0 Å². The van der Waals surface area contributed by atoms with Crippen molar-refractivity contribution in [3.8, 4) is 0 Å². The van der Waals surface area contributed by atoms with Crippen molar-refractivity contribution in [1.29, 1.82) is 0 Å². The molecule has 2 aromatic carbocycles. The van der Waals surface area contributed by atoms with Gasteiger partial charge in [0, 0.05) is 48.2 Å². The van der Waals surface area contributed by atoms with Crippen LogP contribution in [0.1, 0.15) is 23.0 Å². The number of ketones is 1. The molecule has 5 heteroatoms. The van der Waals surface area contributed by atoms with Crippen molar-refractivity contribution in [3.05, 3.63) is 119 Å². The molecule has 0 N–H and O–H groups in total. The Kier molecular flexibility index (Phi) is 12.5. The molecule has 34 heavy (non-hydrogen) atoms. The Morgan fingerprint density at radius 1 is 0.706 bits per heavy atom. The first-order valence-corrected chi connectivity index (χ1v) is 12.9. The summed E-state index contributed by atoms with van der Waals surface area (Å²) in [6, 6.07) is 16.1. The van der Waals surface area contributed by atoms with Crippen molar-refractivity contribution in [2.24, 2.45) is 0 Å². The molecule has 0 spiro atoms. The maximum atomic E-state index is 14.4. The number of carbonyl (C=O) groups excluding carboxylic acids is 1. The van der Waals surface area contributed by atoms with Crippen molar-refractivity contribution in [2.45, 2.75) is 11.8 Å². The highest BCUT2D eigenvalue weighted by atomic mass is 79.9. The Morgan fingerprint density at radius 2 is 1.06 bits per heavy atom. The summed E-state index contributed by atoms with van der Waals surface area (Å²) in [5.74, 6) is -0.432. The van der Waals surface area contributed by atoms with E-state index in [-0.39, 0.29) is 17.6 Å². The third-order valence-electron chi connectivity index (χ3n) is 5.62. The summed E-state index contributed by atoms with van der Waals surface area (Å²) in [7, 11) is 0. The average Bonchev–Trinajstić information content (AvgIpc) is 2.81. The summed E-state index contributed by atoms with van der Waals surface area (Å²) in [6.07, 6.45) is 7.47. The molecule has 0 fully saturated rings. The van der Waals surface area contributed by atoms with E-state index in [0.717, 1.165) is 20.1 Å². The summed E-state index contributed by atoms with van der Waals surface area (Å²) in [5, 5.41) is 0. The minimum atomic E-state index is -0.310. The lowest BCUT2D eigenvalue weighted by Gasteiger charge is -2.31. The third-order valence-corrected chi connectivity index (χ3v) is 6.61. The van der Waals surface area contributed by atoms with Crippen LogP contribution in [-0.2, 0) is 4.79 Å². The van der Waals surface area contributed by atoms with Gasteiger partial charge in [0.15, 0.2) is 0 Å². The Hall–Kier alpha value is -2.05. The van der Waals surface area contributed by atoms with E-state index < -0.39 is 0 Å². The minimum absolute atomic E-state index is 0.187. The smallest absolute Gasteiger partial charge is 0.150 e. The molecule has 0 aliphatic rings. The average molecular weight is 586 g/mol. The van der Waals surface area contributed by atoms with Gasteiger partial charge in [0.05, 0.1) is 11.8 Å². The second-order valence-electron chi connectivity index (χ2n) is 8.21. The van der Waals surface area contributed by atoms with Gasteiger partial charge in [0.25, 0.3) is 0 Å². The van der Waals surface area contributed by atoms with Gasteiger partial charge in [-0.15, -0.1) is 26.3 Å². The molecule has 0 aliphatic carbocycles. The van der Waals surface area contributed by atoms with Gasteiger partial charge >= 0.3 is 0 Å². The molecule has 2 rings (SSSR count). The van der Waals surface area contributed by atoms with Crippen LogP contribution in [0, 0.1) is 0 Å². The zero-order valence-corrected chi connectivity index (χ0v) is 22.9. The van der Waals surface area contributed by atoms with Crippen LogP contribution >= 0.6 is 31.9 Å². The fraction of sp³-hybridized carbons (Fsp3) is 0.276. The molecule has 0 saturated carbocycles. The molecule has 0 heterocycles. The van der Waals surface area contributed by atoms with E-state index >= 15 is 0 Å². The number of nitrogens with zero attached hydrogens (tertiary/aromatic N) is 2. The lowest BCUT2D eigenvalue weighted by molar-refractivity contribution is -0.122. The van der Waals surface area contributed by atoms with Crippen LogP contribution in [0.2, 0.25) is 0 Å². The normalized spacial score (nSPS) is 12.8. The van der Waals surface area contributed by atoms with Crippen molar-refractivity contribution in [2.75, 3.05) is 39.3 Å². The number of hydrogen-bond acceptors (Lipinski definition) is 3. The molecule has 2 atom stereocenters. The molecule has 2 aromatic rings. The van der Waals surface area contributed by atoms with Crippen LogP contribution in [0.15, 0.2) is 108 Å². The van der Waals surface area contributed by atoms with Gasteiger partial charge in [-0.2, -0.15) is 0 Å². The Balaban J connectivity index is 2.54. The molecule has 0 bridgehead atoms. The number of benzene rings is 2. The largest absolute Gasteiger partial charge is 0.298 e. The summed E-state index contributed by atoms with van der Waals surface area (Å²) in [4.78, 5) is 18.8. The van der Waals surface area contributed by atoms with Crippen molar-refractivity contribution in [1.82, 2.24) is 9.80 Å². The van der Waals surface area contributed by atoms with Gasteiger partial charge in [-0.05, 0) is 35.4 Å². The van der Waals surface area contributed by atoms with Crippen molar-refractivity contribution < 1.29 is 4.79 Å². The summed E-state index contributed by atoms with van der Waals surface area (Å²) < 4.78 is 1.92. The standard InChI is InChI=1S/C29H34Br2N2O/c1-5-15-32(16-6-2)21-27(23-11-9-13-25(30)19-23)29(34)28(22-33(17-7-3)18-8-4)24-12-10-14-26(31)20-24/h5-14,19-20,27-28H,1-4,15-18,21-22H2. The number of carbonyl (C=O) groups is 1. The molecule has 0 aliphatic heterocycles. The fourth-order valence-corrected chi connectivity index (χ4v) is 4.94. The van der Waals surface area contributed by atoms with Gasteiger partial charge in [0.2, 0.25) is 0 Å². The number of Topliss-reactive ketones (excluding diaryl/α,β-unsaturated/α-hetero) is 1. The van der Waals surface area contributed by atoms with E-state index in [1.165, 1.54) is 0 Å². The Bertz CT molecular complexity index is 890. The lowest BCUT2D eigenvalue weighted by atomic mass is 9.82. The summed E-state index contributed by atoms with van der Waals surface area (Å²) >= 11 is 7.17. The fourth-order valence-electron chi connectivity index (χ4n) is 4.10. The first-order chi connectivity index (χ1) is 16.4. The highest BCUT2D eigenvalue weighted by Gasteiger charge is 2.32. The molecule has 2 unspecified atom stereocenters. The lowest BCUT2D eigenvalue weighted by Crippen LogP contribution is -2.38. The zero-order valence-electron chi connectivity index (χ0n) is 19.7. The summed E-state index contributed by atoms with van der Waals surface area (Å²) in [6.45, 7) is 19.5. The second-order valence-corrected chi connectivity index (χ2v) is 10.0. The van der Waals surface area contributed by atoms with E-state index in [4.69, 9.17) is 0 Å². The van der Waals surface area contributed by atoms with Crippen LogP contribution in [-0.4, -0.2) is 54.9 Å². The van der Waals surface area contributed by atoms with E-state index in [1.807, 2.05) is 72.8 Å². The Morgan fingerprint density at radius 3 is 1.35 bits per heavy atom. The third kappa shape index (κ3) is 8.62. The Labute approximate surface area is 221 Å². The van der Waals surface area contributed by atoms with Gasteiger partial charge in [-0.1, -0.05) is 80.4 Å².